The molecule has 5 nitrogen and oxygen atoms in total. The molecule has 0 spiro atoms. The van der Waals surface area contributed by atoms with Crippen molar-refractivity contribution in [1.29, 1.82) is 0 Å². The van der Waals surface area contributed by atoms with Gasteiger partial charge in [-0.15, -0.1) is 0 Å². The van der Waals surface area contributed by atoms with Gasteiger partial charge in [0.05, 0.1) is 5.56 Å². The lowest BCUT2D eigenvalue weighted by Gasteiger charge is -2.29. The van der Waals surface area contributed by atoms with Crippen LogP contribution in [0.25, 0.3) is 0 Å². The molecular formula is C20H30N4O. The highest BCUT2D eigenvalue weighted by atomic mass is 16.2. The van der Waals surface area contributed by atoms with E-state index in [1.165, 1.54) is 45.2 Å². The van der Waals surface area contributed by atoms with E-state index in [-0.39, 0.29) is 5.91 Å². The summed E-state index contributed by atoms with van der Waals surface area (Å²) in [6, 6.07) is 3.86. The number of pyridine rings is 1. The van der Waals surface area contributed by atoms with Crippen molar-refractivity contribution in [2.75, 3.05) is 50.7 Å². The summed E-state index contributed by atoms with van der Waals surface area (Å²) in [4.78, 5) is 24.6. The van der Waals surface area contributed by atoms with Crippen LogP contribution in [0.5, 0.6) is 0 Å². The number of hydrogen-bond donors (Lipinski definition) is 0. The monoisotopic (exact) mass is 342 g/mol. The normalized spacial score (nSPS) is 24.9. The van der Waals surface area contributed by atoms with Crippen molar-refractivity contribution < 1.29 is 4.79 Å². The first kappa shape index (κ1) is 16.8. The fourth-order valence-electron chi connectivity index (χ4n) is 4.59. The van der Waals surface area contributed by atoms with E-state index < -0.39 is 0 Å². The molecule has 1 aromatic rings. The highest BCUT2D eigenvalue weighted by Crippen LogP contribution is 2.26. The van der Waals surface area contributed by atoms with Crippen molar-refractivity contribution in [1.82, 2.24) is 14.8 Å². The zero-order valence-corrected chi connectivity index (χ0v) is 15.2. The van der Waals surface area contributed by atoms with Gasteiger partial charge in [-0.25, -0.2) is 4.98 Å². The lowest BCUT2D eigenvalue weighted by atomic mass is 10.1. The van der Waals surface area contributed by atoms with Crippen LogP contribution in [0.15, 0.2) is 18.3 Å². The second-order valence-corrected chi connectivity index (χ2v) is 7.84. The number of amides is 1. The second kappa shape index (κ2) is 7.73. The SMILES string of the molecule is O=C(c1cccnc1N1CCCC1)N1CCC(CN2CCCCC2)C1. The van der Waals surface area contributed by atoms with E-state index in [2.05, 4.69) is 19.7 Å². The first-order valence-corrected chi connectivity index (χ1v) is 10.0. The third kappa shape index (κ3) is 3.81. The lowest BCUT2D eigenvalue weighted by molar-refractivity contribution is 0.0782. The summed E-state index contributed by atoms with van der Waals surface area (Å²) >= 11 is 0. The standard InChI is InChI=1S/C20H30N4O/c25-20(18-7-6-9-21-19(18)23-12-4-5-13-23)24-14-8-17(16-24)15-22-10-2-1-3-11-22/h6-7,9,17H,1-5,8,10-16H2. The molecule has 0 aliphatic carbocycles. The van der Waals surface area contributed by atoms with E-state index in [9.17, 15) is 4.79 Å². The highest BCUT2D eigenvalue weighted by molar-refractivity contribution is 5.99. The molecule has 25 heavy (non-hydrogen) atoms. The first-order chi connectivity index (χ1) is 12.3. The number of carbonyl (C=O) groups excluding carboxylic acids is 1. The molecule has 1 atom stereocenters. The number of likely N-dealkylation sites (tertiary alicyclic amines) is 2. The minimum atomic E-state index is 0.177. The smallest absolute Gasteiger partial charge is 0.257 e. The number of rotatable bonds is 4. The Morgan fingerprint density at radius 2 is 1.80 bits per heavy atom. The van der Waals surface area contributed by atoms with Gasteiger partial charge in [0.1, 0.15) is 5.82 Å². The molecule has 1 aromatic heterocycles. The Morgan fingerprint density at radius 3 is 2.60 bits per heavy atom. The van der Waals surface area contributed by atoms with E-state index in [1.807, 2.05) is 18.3 Å². The molecule has 4 heterocycles. The van der Waals surface area contributed by atoms with Crippen LogP contribution in [0.2, 0.25) is 0 Å². The van der Waals surface area contributed by atoms with Crippen molar-refractivity contribution in [2.24, 2.45) is 5.92 Å². The van der Waals surface area contributed by atoms with Crippen molar-refractivity contribution in [3.63, 3.8) is 0 Å². The average molecular weight is 342 g/mol. The molecule has 3 aliphatic rings. The van der Waals surface area contributed by atoms with Crippen LogP contribution in [-0.4, -0.2) is 66.5 Å². The Kier molecular flexibility index (Phi) is 5.20. The van der Waals surface area contributed by atoms with Gasteiger partial charge in [0.15, 0.2) is 0 Å². The Bertz CT molecular complexity index is 593. The number of anilines is 1. The first-order valence-electron chi connectivity index (χ1n) is 10.0. The van der Waals surface area contributed by atoms with Gasteiger partial charge in [0.2, 0.25) is 0 Å². The van der Waals surface area contributed by atoms with E-state index in [1.54, 1.807) is 0 Å². The number of piperidine rings is 1. The molecule has 0 radical (unpaired) electrons. The van der Waals surface area contributed by atoms with Gasteiger partial charge in [0.25, 0.3) is 5.91 Å². The van der Waals surface area contributed by atoms with Gasteiger partial charge in [-0.1, -0.05) is 6.42 Å². The van der Waals surface area contributed by atoms with Gasteiger partial charge in [-0.2, -0.15) is 0 Å². The van der Waals surface area contributed by atoms with Crippen LogP contribution < -0.4 is 4.90 Å². The van der Waals surface area contributed by atoms with E-state index in [0.717, 1.165) is 50.5 Å². The van der Waals surface area contributed by atoms with Crippen LogP contribution >= 0.6 is 0 Å². The molecule has 136 valence electrons. The van der Waals surface area contributed by atoms with Crippen LogP contribution in [0.4, 0.5) is 5.82 Å². The molecule has 0 N–H and O–H groups in total. The Morgan fingerprint density at radius 1 is 1.04 bits per heavy atom. The molecule has 3 fully saturated rings. The minimum Gasteiger partial charge on any atom is -0.356 e. The number of aromatic nitrogens is 1. The molecule has 3 aliphatic heterocycles. The van der Waals surface area contributed by atoms with Crippen LogP contribution in [0.1, 0.15) is 48.9 Å². The summed E-state index contributed by atoms with van der Waals surface area (Å²) in [6.45, 7) is 7.49. The Hall–Kier alpha value is -1.62. The predicted octanol–water partition coefficient (Wildman–Crippen LogP) is 2.63. The van der Waals surface area contributed by atoms with Gasteiger partial charge < -0.3 is 14.7 Å². The summed E-state index contributed by atoms with van der Waals surface area (Å²) in [7, 11) is 0. The largest absolute Gasteiger partial charge is 0.356 e. The molecule has 5 heteroatoms. The topological polar surface area (TPSA) is 39.7 Å². The van der Waals surface area contributed by atoms with E-state index >= 15 is 0 Å². The number of nitrogens with zero attached hydrogens (tertiary/aromatic N) is 4. The lowest BCUT2D eigenvalue weighted by Crippen LogP contribution is -2.36. The fraction of sp³-hybridized carbons (Fsp3) is 0.700. The van der Waals surface area contributed by atoms with E-state index in [4.69, 9.17) is 0 Å². The summed E-state index contributed by atoms with van der Waals surface area (Å²) in [5, 5.41) is 0. The predicted molar refractivity (Wildman–Crippen MR) is 100.0 cm³/mol. The van der Waals surface area contributed by atoms with E-state index in [0.29, 0.717) is 5.92 Å². The molecule has 1 unspecified atom stereocenters. The van der Waals surface area contributed by atoms with Crippen LogP contribution in [-0.2, 0) is 0 Å². The fourth-order valence-corrected chi connectivity index (χ4v) is 4.59. The molecule has 3 saturated heterocycles. The quantitative estimate of drug-likeness (QED) is 0.843. The molecule has 4 rings (SSSR count). The summed E-state index contributed by atoms with van der Waals surface area (Å²) in [6.07, 6.45) is 9.41. The summed E-state index contributed by atoms with van der Waals surface area (Å²) < 4.78 is 0. The Balaban J connectivity index is 1.40. The maximum Gasteiger partial charge on any atom is 0.257 e. The van der Waals surface area contributed by atoms with Crippen molar-refractivity contribution >= 4 is 11.7 Å². The minimum absolute atomic E-state index is 0.177. The zero-order valence-electron chi connectivity index (χ0n) is 15.2. The van der Waals surface area contributed by atoms with Crippen LogP contribution in [0.3, 0.4) is 0 Å². The average Bonchev–Trinajstić information content (AvgIpc) is 3.34. The Labute approximate surface area is 151 Å². The van der Waals surface area contributed by atoms with Crippen molar-refractivity contribution in [3.8, 4) is 0 Å². The third-order valence-electron chi connectivity index (χ3n) is 5.96. The van der Waals surface area contributed by atoms with Gasteiger partial charge in [0, 0.05) is 38.9 Å². The molecule has 0 aromatic carbocycles. The summed E-state index contributed by atoms with van der Waals surface area (Å²) in [5.41, 5.74) is 0.794. The molecule has 1 amide bonds. The molecule has 0 bridgehead atoms. The summed E-state index contributed by atoms with van der Waals surface area (Å²) in [5.74, 6) is 1.70. The molecular weight excluding hydrogens is 312 g/mol. The number of carbonyl (C=O) groups is 1. The maximum atomic E-state index is 13.1. The molecule has 0 saturated carbocycles. The van der Waals surface area contributed by atoms with Crippen molar-refractivity contribution in [2.45, 2.75) is 38.5 Å². The van der Waals surface area contributed by atoms with Gasteiger partial charge in [-0.05, 0) is 63.2 Å². The van der Waals surface area contributed by atoms with Crippen LogP contribution in [0, 0.1) is 5.92 Å². The van der Waals surface area contributed by atoms with Gasteiger partial charge in [-0.3, -0.25) is 4.79 Å². The third-order valence-corrected chi connectivity index (χ3v) is 5.96. The highest BCUT2D eigenvalue weighted by Gasteiger charge is 2.31. The second-order valence-electron chi connectivity index (χ2n) is 7.84. The number of hydrogen-bond acceptors (Lipinski definition) is 4. The maximum absolute atomic E-state index is 13.1. The zero-order chi connectivity index (χ0) is 17.1. The van der Waals surface area contributed by atoms with Gasteiger partial charge >= 0.3 is 0 Å². The van der Waals surface area contributed by atoms with Crippen molar-refractivity contribution in [3.05, 3.63) is 23.9 Å².